The summed E-state index contributed by atoms with van der Waals surface area (Å²) in [7, 11) is 2.07. The number of hydrogen-bond donors (Lipinski definition) is 0. The molecular formula is C12H16F3N3. The summed E-state index contributed by atoms with van der Waals surface area (Å²) < 4.78 is 37.0. The van der Waals surface area contributed by atoms with Crippen molar-refractivity contribution < 1.29 is 13.2 Å². The highest BCUT2D eigenvalue weighted by Gasteiger charge is 2.32. The molecule has 0 atom stereocenters. The highest BCUT2D eigenvalue weighted by Crippen LogP contribution is 2.27. The third kappa shape index (κ3) is 3.43. The Morgan fingerprint density at radius 3 is 2.33 bits per heavy atom. The number of halogens is 3. The van der Waals surface area contributed by atoms with Crippen molar-refractivity contribution in [3.8, 4) is 0 Å². The molecule has 0 amide bonds. The maximum Gasteiger partial charge on any atom is 0.433 e. The van der Waals surface area contributed by atoms with Crippen LogP contribution in [0.2, 0.25) is 0 Å². The van der Waals surface area contributed by atoms with Crippen molar-refractivity contribution in [1.29, 1.82) is 0 Å². The quantitative estimate of drug-likeness (QED) is 0.808. The third-order valence-electron chi connectivity index (χ3n) is 3.12. The molecule has 0 aliphatic carbocycles. The molecule has 0 spiro atoms. The molecule has 2 rings (SSSR count). The van der Waals surface area contributed by atoms with Gasteiger partial charge in [0.2, 0.25) is 0 Å². The van der Waals surface area contributed by atoms with Gasteiger partial charge in [0, 0.05) is 38.9 Å². The molecule has 0 radical (unpaired) electrons. The van der Waals surface area contributed by atoms with Gasteiger partial charge in [-0.1, -0.05) is 6.07 Å². The van der Waals surface area contributed by atoms with Gasteiger partial charge in [-0.05, 0) is 18.7 Å². The molecule has 2 heterocycles. The van der Waals surface area contributed by atoms with E-state index in [2.05, 4.69) is 21.8 Å². The average Bonchev–Trinajstić information content (AvgIpc) is 2.32. The van der Waals surface area contributed by atoms with Gasteiger partial charge in [0.25, 0.3) is 0 Å². The van der Waals surface area contributed by atoms with Crippen molar-refractivity contribution in [3.05, 3.63) is 29.6 Å². The van der Waals surface area contributed by atoms with Crippen molar-refractivity contribution in [2.75, 3.05) is 33.2 Å². The lowest BCUT2D eigenvalue weighted by Crippen LogP contribution is -2.43. The second-order valence-electron chi connectivity index (χ2n) is 4.63. The minimum absolute atomic E-state index is 0.666. The third-order valence-corrected chi connectivity index (χ3v) is 3.12. The topological polar surface area (TPSA) is 19.4 Å². The Balaban J connectivity index is 1.94. The molecule has 0 aromatic carbocycles. The van der Waals surface area contributed by atoms with E-state index in [4.69, 9.17) is 0 Å². The molecule has 0 unspecified atom stereocenters. The van der Waals surface area contributed by atoms with E-state index in [-0.39, 0.29) is 0 Å². The van der Waals surface area contributed by atoms with E-state index in [1.165, 1.54) is 12.3 Å². The van der Waals surface area contributed by atoms with Gasteiger partial charge in [-0.2, -0.15) is 13.2 Å². The minimum Gasteiger partial charge on any atom is -0.304 e. The fourth-order valence-corrected chi connectivity index (χ4v) is 1.95. The van der Waals surface area contributed by atoms with Crippen LogP contribution in [0.4, 0.5) is 13.2 Å². The number of likely N-dealkylation sites (N-methyl/N-ethyl adjacent to an activating group) is 1. The summed E-state index contributed by atoms with van der Waals surface area (Å²) in [6, 6.07) is 2.56. The van der Waals surface area contributed by atoms with Gasteiger partial charge in [0.05, 0.1) is 0 Å². The first-order valence-corrected chi connectivity index (χ1v) is 5.88. The minimum atomic E-state index is -4.35. The van der Waals surface area contributed by atoms with E-state index in [1.807, 2.05) is 0 Å². The summed E-state index contributed by atoms with van der Waals surface area (Å²) in [4.78, 5) is 7.93. The van der Waals surface area contributed by atoms with Gasteiger partial charge in [0.15, 0.2) is 0 Å². The van der Waals surface area contributed by atoms with Crippen LogP contribution in [0.5, 0.6) is 0 Å². The summed E-state index contributed by atoms with van der Waals surface area (Å²) in [5, 5.41) is 0. The number of nitrogens with zero attached hydrogens (tertiary/aromatic N) is 3. The first kappa shape index (κ1) is 13.3. The zero-order valence-electron chi connectivity index (χ0n) is 10.2. The van der Waals surface area contributed by atoms with E-state index in [9.17, 15) is 13.2 Å². The van der Waals surface area contributed by atoms with Crippen LogP contribution in [0, 0.1) is 0 Å². The molecule has 18 heavy (non-hydrogen) atoms. The maximum absolute atomic E-state index is 12.3. The zero-order valence-corrected chi connectivity index (χ0v) is 10.2. The molecule has 0 saturated carbocycles. The molecule has 1 fully saturated rings. The Labute approximate surface area is 104 Å². The fourth-order valence-electron chi connectivity index (χ4n) is 1.95. The normalized spacial score (nSPS) is 19.1. The van der Waals surface area contributed by atoms with Crippen LogP contribution >= 0.6 is 0 Å². The van der Waals surface area contributed by atoms with Gasteiger partial charge >= 0.3 is 6.18 Å². The first-order valence-electron chi connectivity index (χ1n) is 5.88. The maximum atomic E-state index is 12.3. The second kappa shape index (κ2) is 5.24. The largest absolute Gasteiger partial charge is 0.433 e. The molecule has 1 aromatic heterocycles. The van der Waals surface area contributed by atoms with Gasteiger partial charge in [-0.3, -0.25) is 9.88 Å². The first-order chi connectivity index (χ1) is 8.45. The van der Waals surface area contributed by atoms with Crippen molar-refractivity contribution >= 4 is 0 Å². The van der Waals surface area contributed by atoms with E-state index in [0.717, 1.165) is 37.8 Å². The number of aromatic nitrogens is 1. The van der Waals surface area contributed by atoms with Crippen LogP contribution in [0.25, 0.3) is 0 Å². The van der Waals surface area contributed by atoms with Gasteiger partial charge in [-0.15, -0.1) is 0 Å². The highest BCUT2D eigenvalue weighted by molar-refractivity contribution is 5.16. The van der Waals surface area contributed by atoms with Crippen LogP contribution in [-0.2, 0) is 12.7 Å². The number of pyridine rings is 1. The van der Waals surface area contributed by atoms with Crippen LogP contribution in [0.3, 0.4) is 0 Å². The van der Waals surface area contributed by atoms with Crippen molar-refractivity contribution in [1.82, 2.24) is 14.8 Å². The lowest BCUT2D eigenvalue weighted by molar-refractivity contribution is -0.141. The van der Waals surface area contributed by atoms with Gasteiger partial charge in [-0.25, -0.2) is 0 Å². The summed E-state index contributed by atoms with van der Waals surface area (Å²) in [5.74, 6) is 0. The molecular weight excluding hydrogens is 243 g/mol. The second-order valence-corrected chi connectivity index (χ2v) is 4.63. The summed E-state index contributed by atoms with van der Waals surface area (Å²) in [5.41, 5.74) is -0.00261. The zero-order chi connectivity index (χ0) is 13.2. The Morgan fingerprint density at radius 2 is 1.83 bits per heavy atom. The molecule has 1 aromatic rings. The smallest absolute Gasteiger partial charge is 0.304 e. The standard InChI is InChI=1S/C12H16F3N3/c1-17-4-6-18(7-5-17)9-10-2-3-11(16-8-10)12(13,14)15/h2-3,8H,4-7,9H2,1H3. The summed E-state index contributed by atoms with van der Waals surface area (Å²) in [6.45, 7) is 4.54. The summed E-state index contributed by atoms with van der Waals surface area (Å²) in [6.07, 6.45) is -3.03. The van der Waals surface area contributed by atoms with Crippen LogP contribution in [0.15, 0.2) is 18.3 Å². The average molecular weight is 259 g/mol. The Kier molecular flexibility index (Phi) is 3.87. The van der Waals surface area contributed by atoms with E-state index in [1.54, 1.807) is 0 Å². The molecule has 3 nitrogen and oxygen atoms in total. The van der Waals surface area contributed by atoms with Crippen molar-refractivity contribution in [3.63, 3.8) is 0 Å². The Hall–Kier alpha value is -1.14. The monoisotopic (exact) mass is 259 g/mol. The molecule has 0 N–H and O–H groups in total. The predicted octanol–water partition coefficient (Wildman–Crippen LogP) is 1.85. The van der Waals surface area contributed by atoms with Crippen LogP contribution in [-0.4, -0.2) is 48.0 Å². The molecule has 6 heteroatoms. The molecule has 1 saturated heterocycles. The molecule has 1 aliphatic heterocycles. The Morgan fingerprint density at radius 1 is 1.17 bits per heavy atom. The highest BCUT2D eigenvalue weighted by atomic mass is 19.4. The van der Waals surface area contributed by atoms with E-state index in [0.29, 0.717) is 6.54 Å². The van der Waals surface area contributed by atoms with Gasteiger partial charge < -0.3 is 4.90 Å². The van der Waals surface area contributed by atoms with Crippen molar-refractivity contribution in [2.24, 2.45) is 0 Å². The number of alkyl halides is 3. The predicted molar refractivity (Wildman–Crippen MR) is 62.0 cm³/mol. The number of hydrogen-bond acceptors (Lipinski definition) is 3. The number of piperazine rings is 1. The molecule has 0 bridgehead atoms. The van der Waals surface area contributed by atoms with E-state index >= 15 is 0 Å². The number of rotatable bonds is 2. The van der Waals surface area contributed by atoms with E-state index < -0.39 is 11.9 Å². The molecule has 100 valence electrons. The lowest BCUT2D eigenvalue weighted by atomic mass is 10.2. The van der Waals surface area contributed by atoms with Crippen molar-refractivity contribution in [2.45, 2.75) is 12.7 Å². The Bertz CT molecular complexity index is 381. The molecule has 1 aliphatic rings. The van der Waals surface area contributed by atoms with Crippen LogP contribution < -0.4 is 0 Å². The lowest BCUT2D eigenvalue weighted by Gasteiger charge is -2.32. The fraction of sp³-hybridized carbons (Fsp3) is 0.583. The SMILES string of the molecule is CN1CCN(Cc2ccc(C(F)(F)F)nc2)CC1. The summed E-state index contributed by atoms with van der Waals surface area (Å²) >= 11 is 0. The van der Waals surface area contributed by atoms with Gasteiger partial charge in [0.1, 0.15) is 5.69 Å². The van der Waals surface area contributed by atoms with Crippen LogP contribution in [0.1, 0.15) is 11.3 Å².